The Labute approximate surface area is 166 Å². The van der Waals surface area contributed by atoms with Gasteiger partial charge in [0.15, 0.2) is 0 Å². The molecule has 0 aromatic heterocycles. The summed E-state index contributed by atoms with van der Waals surface area (Å²) in [5.41, 5.74) is 0.666. The second-order valence-electron chi connectivity index (χ2n) is 8.13. The summed E-state index contributed by atoms with van der Waals surface area (Å²) in [5, 5.41) is 14.6. The van der Waals surface area contributed by atoms with Crippen molar-refractivity contribution in [1.82, 2.24) is 4.90 Å². The first kappa shape index (κ1) is 21.0. The first-order valence-corrected chi connectivity index (χ1v) is 10.5. The third-order valence-corrected chi connectivity index (χ3v) is 6.08. The topological polar surface area (TPSA) is 67.6 Å². The molecule has 3 rings (SSSR count). The van der Waals surface area contributed by atoms with Crippen molar-refractivity contribution in [2.45, 2.75) is 77.0 Å². The number of nitrogens with zero attached hydrogens (tertiary/aromatic N) is 2. The second-order valence-corrected chi connectivity index (χ2v) is 8.13. The van der Waals surface area contributed by atoms with E-state index in [0.717, 1.165) is 57.9 Å². The van der Waals surface area contributed by atoms with E-state index >= 15 is 0 Å². The average Bonchev–Trinajstić information content (AvgIpc) is 2.70. The summed E-state index contributed by atoms with van der Waals surface area (Å²) in [6.45, 7) is 6.63. The Morgan fingerprint density at radius 3 is 2.50 bits per heavy atom. The Bertz CT molecular complexity index is 669. The van der Waals surface area contributed by atoms with Gasteiger partial charge in [0, 0.05) is 31.8 Å². The standard InChI is InChI=1S/C21H32FN3O3/c1-3-12-28-18-6-4-17(5-7-18)24-10-8-16(9-11-24)23-20-13-15(2)19(22)14-21(20)25(26)27/h13-14,16-18,23H,3-12H2,1-2H3/t17-,18-. The third kappa shape index (κ3) is 5.20. The summed E-state index contributed by atoms with van der Waals surface area (Å²) < 4.78 is 19.6. The molecule has 156 valence electrons. The van der Waals surface area contributed by atoms with Gasteiger partial charge in [0.2, 0.25) is 0 Å². The fourth-order valence-electron chi connectivity index (χ4n) is 4.43. The first-order valence-electron chi connectivity index (χ1n) is 10.5. The summed E-state index contributed by atoms with van der Waals surface area (Å²) in [6, 6.07) is 3.39. The maximum Gasteiger partial charge on any atom is 0.295 e. The highest BCUT2D eigenvalue weighted by molar-refractivity contribution is 5.63. The Morgan fingerprint density at radius 2 is 1.89 bits per heavy atom. The van der Waals surface area contributed by atoms with Crippen molar-refractivity contribution < 1.29 is 14.1 Å². The van der Waals surface area contributed by atoms with E-state index in [1.165, 1.54) is 12.8 Å². The van der Waals surface area contributed by atoms with E-state index < -0.39 is 10.7 Å². The predicted octanol–water partition coefficient (Wildman–Crippen LogP) is 4.66. The van der Waals surface area contributed by atoms with E-state index in [4.69, 9.17) is 4.74 Å². The SMILES string of the molecule is CCCO[C@H]1CC[C@H](N2CCC(Nc3cc(C)c(F)cc3[N+](=O)[O-])CC2)CC1. The second kappa shape index (κ2) is 9.65. The van der Waals surface area contributed by atoms with Crippen molar-refractivity contribution in [2.24, 2.45) is 0 Å². The molecule has 7 heteroatoms. The zero-order chi connectivity index (χ0) is 20.1. The van der Waals surface area contributed by atoms with Crippen LogP contribution in [0.25, 0.3) is 0 Å². The zero-order valence-electron chi connectivity index (χ0n) is 17.0. The molecule has 0 bridgehead atoms. The van der Waals surface area contributed by atoms with Crippen LogP contribution in [0.2, 0.25) is 0 Å². The van der Waals surface area contributed by atoms with E-state index in [9.17, 15) is 14.5 Å². The van der Waals surface area contributed by atoms with Gasteiger partial charge in [-0.25, -0.2) is 4.39 Å². The molecule has 0 radical (unpaired) electrons. The van der Waals surface area contributed by atoms with Crippen LogP contribution in [-0.2, 0) is 4.74 Å². The summed E-state index contributed by atoms with van der Waals surface area (Å²) in [6.07, 6.45) is 8.06. The molecule has 0 unspecified atom stereocenters. The molecule has 6 nitrogen and oxygen atoms in total. The minimum Gasteiger partial charge on any atom is -0.378 e. The number of nitro benzene ring substituents is 1. The molecule has 1 N–H and O–H groups in total. The average molecular weight is 394 g/mol. The van der Waals surface area contributed by atoms with Gasteiger partial charge in [-0.1, -0.05) is 6.92 Å². The van der Waals surface area contributed by atoms with Crippen molar-refractivity contribution >= 4 is 11.4 Å². The van der Waals surface area contributed by atoms with Crippen LogP contribution in [0.3, 0.4) is 0 Å². The van der Waals surface area contributed by atoms with Crippen LogP contribution in [0.4, 0.5) is 15.8 Å². The predicted molar refractivity (Wildman–Crippen MR) is 108 cm³/mol. The Balaban J connectivity index is 1.50. The highest BCUT2D eigenvalue weighted by atomic mass is 19.1. The van der Waals surface area contributed by atoms with Crippen LogP contribution in [0, 0.1) is 22.9 Å². The number of aryl methyl sites for hydroxylation is 1. The zero-order valence-corrected chi connectivity index (χ0v) is 17.0. The van der Waals surface area contributed by atoms with Crippen LogP contribution in [0.5, 0.6) is 0 Å². The molecule has 28 heavy (non-hydrogen) atoms. The molecule has 0 spiro atoms. The lowest BCUT2D eigenvalue weighted by atomic mass is 9.90. The summed E-state index contributed by atoms with van der Waals surface area (Å²) >= 11 is 0. The highest BCUT2D eigenvalue weighted by Gasteiger charge is 2.30. The fourth-order valence-corrected chi connectivity index (χ4v) is 4.43. The van der Waals surface area contributed by atoms with Gasteiger partial charge in [-0.15, -0.1) is 0 Å². The number of rotatable bonds is 7. The van der Waals surface area contributed by atoms with E-state index in [0.29, 0.717) is 23.4 Å². The lowest BCUT2D eigenvalue weighted by molar-refractivity contribution is -0.384. The van der Waals surface area contributed by atoms with E-state index in [2.05, 4.69) is 17.1 Å². The molecule has 1 aliphatic heterocycles. The first-order chi connectivity index (χ1) is 13.5. The molecule has 1 aromatic rings. The van der Waals surface area contributed by atoms with Crippen molar-refractivity contribution in [2.75, 3.05) is 25.0 Å². The van der Waals surface area contributed by atoms with E-state index in [1.54, 1.807) is 13.0 Å². The number of hydrogen-bond acceptors (Lipinski definition) is 5. The van der Waals surface area contributed by atoms with Crippen molar-refractivity contribution in [3.8, 4) is 0 Å². The Kier molecular flexibility index (Phi) is 7.24. The van der Waals surface area contributed by atoms with Gasteiger partial charge in [0.1, 0.15) is 11.5 Å². The molecule has 1 heterocycles. The smallest absolute Gasteiger partial charge is 0.295 e. The van der Waals surface area contributed by atoms with Gasteiger partial charge in [-0.2, -0.15) is 0 Å². The molecule has 1 saturated carbocycles. The number of halogens is 1. The lowest BCUT2D eigenvalue weighted by Gasteiger charge is -2.41. The molecule has 1 saturated heterocycles. The molecule has 1 aliphatic carbocycles. The van der Waals surface area contributed by atoms with Crippen molar-refractivity contribution in [3.05, 3.63) is 33.6 Å². The number of piperidine rings is 1. The molecule has 2 aliphatic rings. The summed E-state index contributed by atoms with van der Waals surface area (Å²) in [5.74, 6) is -0.536. The van der Waals surface area contributed by atoms with Crippen LogP contribution >= 0.6 is 0 Å². The minimum atomic E-state index is -0.536. The Hall–Kier alpha value is -1.73. The van der Waals surface area contributed by atoms with Crippen LogP contribution < -0.4 is 5.32 Å². The molecule has 0 amide bonds. The quantitative estimate of drug-likeness (QED) is 0.539. The fraction of sp³-hybridized carbons (Fsp3) is 0.714. The number of anilines is 1. The highest BCUT2D eigenvalue weighted by Crippen LogP contribution is 2.31. The monoisotopic (exact) mass is 393 g/mol. The molecule has 0 atom stereocenters. The summed E-state index contributed by atoms with van der Waals surface area (Å²) in [7, 11) is 0. The van der Waals surface area contributed by atoms with Gasteiger partial charge in [0.25, 0.3) is 5.69 Å². The molecule has 1 aromatic carbocycles. The number of hydrogen-bond donors (Lipinski definition) is 1. The normalized spacial score (nSPS) is 24.2. The molecular weight excluding hydrogens is 361 g/mol. The van der Waals surface area contributed by atoms with Crippen LogP contribution in [0.1, 0.15) is 57.4 Å². The van der Waals surface area contributed by atoms with Gasteiger partial charge in [-0.05, 0) is 63.5 Å². The van der Waals surface area contributed by atoms with Gasteiger partial charge in [-0.3, -0.25) is 10.1 Å². The van der Waals surface area contributed by atoms with E-state index in [-0.39, 0.29) is 11.7 Å². The number of nitrogens with one attached hydrogen (secondary N) is 1. The summed E-state index contributed by atoms with van der Waals surface area (Å²) in [4.78, 5) is 13.3. The number of likely N-dealkylation sites (tertiary alicyclic amines) is 1. The molecule has 2 fully saturated rings. The third-order valence-electron chi connectivity index (χ3n) is 6.08. The number of ether oxygens (including phenoxy) is 1. The lowest BCUT2D eigenvalue weighted by Crippen LogP contribution is -2.46. The van der Waals surface area contributed by atoms with Crippen LogP contribution in [0.15, 0.2) is 12.1 Å². The van der Waals surface area contributed by atoms with Gasteiger partial charge >= 0.3 is 0 Å². The van der Waals surface area contributed by atoms with Crippen molar-refractivity contribution in [1.29, 1.82) is 0 Å². The largest absolute Gasteiger partial charge is 0.378 e. The number of benzene rings is 1. The Morgan fingerprint density at radius 1 is 1.21 bits per heavy atom. The number of nitro groups is 1. The van der Waals surface area contributed by atoms with Crippen molar-refractivity contribution in [3.63, 3.8) is 0 Å². The maximum absolute atomic E-state index is 13.7. The van der Waals surface area contributed by atoms with Gasteiger partial charge < -0.3 is 15.0 Å². The minimum absolute atomic E-state index is 0.184. The molecular formula is C21H32FN3O3. The maximum atomic E-state index is 13.7. The van der Waals surface area contributed by atoms with Crippen LogP contribution in [-0.4, -0.2) is 47.7 Å². The van der Waals surface area contributed by atoms with Gasteiger partial charge in [0.05, 0.1) is 17.1 Å². The van der Waals surface area contributed by atoms with E-state index in [1.807, 2.05) is 0 Å².